The van der Waals surface area contributed by atoms with Crippen LogP contribution < -0.4 is 0 Å². The summed E-state index contributed by atoms with van der Waals surface area (Å²) < 4.78 is 0. The lowest BCUT2D eigenvalue weighted by Gasteiger charge is -1.97. The van der Waals surface area contributed by atoms with Crippen molar-refractivity contribution in [1.29, 1.82) is 0 Å². The summed E-state index contributed by atoms with van der Waals surface area (Å²) in [7, 11) is 0. The van der Waals surface area contributed by atoms with Crippen molar-refractivity contribution in [2.24, 2.45) is 0 Å². The zero-order valence-corrected chi connectivity index (χ0v) is 9.46. The summed E-state index contributed by atoms with van der Waals surface area (Å²) in [6.45, 7) is 10.0. The molecule has 0 saturated carbocycles. The van der Waals surface area contributed by atoms with Crippen LogP contribution in [-0.2, 0) is 0 Å². The maximum absolute atomic E-state index is 3.74. The molecule has 0 aliphatic heterocycles. The predicted octanol–water partition coefficient (Wildman–Crippen LogP) is 4.78. The van der Waals surface area contributed by atoms with Gasteiger partial charge in [0.25, 0.3) is 0 Å². The van der Waals surface area contributed by atoms with Gasteiger partial charge in [0.2, 0.25) is 0 Å². The molecule has 0 saturated heterocycles. The molecule has 0 bridgehead atoms. The minimum absolute atomic E-state index is 1.19. The van der Waals surface area contributed by atoms with E-state index in [1.807, 2.05) is 31.2 Å². The highest BCUT2D eigenvalue weighted by Gasteiger charge is 1.90. The molecule has 0 aliphatic carbocycles. The summed E-state index contributed by atoms with van der Waals surface area (Å²) in [5, 5.41) is 0. The van der Waals surface area contributed by atoms with E-state index < -0.39 is 0 Å². The molecule has 0 spiro atoms. The van der Waals surface area contributed by atoms with Gasteiger partial charge in [0.1, 0.15) is 0 Å². The number of benzene rings is 1. The van der Waals surface area contributed by atoms with Gasteiger partial charge in [-0.15, -0.1) is 0 Å². The molecule has 1 aromatic carbocycles. The average Bonchev–Trinajstić information content (AvgIpc) is 2.20. The quantitative estimate of drug-likeness (QED) is 0.626. The maximum atomic E-state index is 3.74. The molecular formula is C14H20. The SMILES string of the molecule is C=Cc1ccccc1/C=C\C.CCC. The van der Waals surface area contributed by atoms with E-state index in [-0.39, 0.29) is 0 Å². The average molecular weight is 188 g/mol. The zero-order chi connectivity index (χ0) is 10.8. The summed E-state index contributed by atoms with van der Waals surface area (Å²) in [4.78, 5) is 0. The molecule has 1 aromatic rings. The van der Waals surface area contributed by atoms with Crippen molar-refractivity contribution in [2.75, 3.05) is 0 Å². The molecule has 0 N–H and O–H groups in total. The highest BCUT2D eigenvalue weighted by Crippen LogP contribution is 2.11. The third kappa shape index (κ3) is 4.66. The van der Waals surface area contributed by atoms with E-state index in [1.165, 1.54) is 17.5 Å². The van der Waals surface area contributed by atoms with E-state index in [4.69, 9.17) is 0 Å². The minimum Gasteiger partial charge on any atom is -0.0984 e. The standard InChI is InChI=1S/C11H12.C3H8/c1-3-7-11-9-6-5-8-10(11)4-2;1-3-2/h3-9H,2H2,1H3;3H2,1-2H3/b7-3-;. The summed E-state index contributed by atoms with van der Waals surface area (Å²) in [5.74, 6) is 0. The lowest BCUT2D eigenvalue weighted by molar-refractivity contribution is 1.09. The van der Waals surface area contributed by atoms with Gasteiger partial charge in [-0.3, -0.25) is 0 Å². The lowest BCUT2D eigenvalue weighted by atomic mass is 10.1. The van der Waals surface area contributed by atoms with Crippen LogP contribution in [0.1, 0.15) is 38.3 Å². The first-order valence-electron chi connectivity index (χ1n) is 5.14. The fourth-order valence-electron chi connectivity index (χ4n) is 1.03. The van der Waals surface area contributed by atoms with Crippen LogP contribution >= 0.6 is 0 Å². The first kappa shape index (κ1) is 12.7. The predicted molar refractivity (Wildman–Crippen MR) is 67.2 cm³/mol. The Kier molecular flexibility index (Phi) is 7.53. The van der Waals surface area contributed by atoms with Gasteiger partial charge in [-0.25, -0.2) is 0 Å². The Labute approximate surface area is 88.0 Å². The van der Waals surface area contributed by atoms with Crippen LogP contribution in [0.25, 0.3) is 12.2 Å². The van der Waals surface area contributed by atoms with Gasteiger partial charge in [-0.05, 0) is 18.1 Å². The number of hydrogen-bond acceptors (Lipinski definition) is 0. The zero-order valence-electron chi connectivity index (χ0n) is 9.46. The Morgan fingerprint density at radius 2 is 1.64 bits per heavy atom. The van der Waals surface area contributed by atoms with Crippen LogP contribution in [0.15, 0.2) is 36.9 Å². The van der Waals surface area contributed by atoms with Crippen LogP contribution in [-0.4, -0.2) is 0 Å². The maximum Gasteiger partial charge on any atom is -0.0188 e. The number of allylic oxidation sites excluding steroid dienone is 1. The summed E-state index contributed by atoms with van der Waals surface area (Å²) >= 11 is 0. The molecule has 0 aliphatic rings. The van der Waals surface area contributed by atoms with Crippen LogP contribution in [0.4, 0.5) is 0 Å². The van der Waals surface area contributed by atoms with Crippen molar-refractivity contribution in [3.8, 4) is 0 Å². The Morgan fingerprint density at radius 3 is 2.07 bits per heavy atom. The fraction of sp³-hybridized carbons (Fsp3) is 0.286. The minimum atomic E-state index is 1.19. The molecule has 0 fully saturated rings. The number of hydrogen-bond donors (Lipinski definition) is 0. The molecule has 0 atom stereocenters. The highest BCUT2D eigenvalue weighted by molar-refractivity contribution is 5.63. The van der Waals surface area contributed by atoms with Gasteiger partial charge < -0.3 is 0 Å². The Bertz CT molecular complexity index is 282. The van der Waals surface area contributed by atoms with Crippen molar-refractivity contribution in [2.45, 2.75) is 27.2 Å². The fourth-order valence-corrected chi connectivity index (χ4v) is 1.03. The Hall–Kier alpha value is -1.30. The second-order valence-electron chi connectivity index (χ2n) is 3.04. The Morgan fingerprint density at radius 1 is 1.14 bits per heavy atom. The van der Waals surface area contributed by atoms with Gasteiger partial charge in [0, 0.05) is 0 Å². The van der Waals surface area contributed by atoms with Gasteiger partial charge in [-0.2, -0.15) is 0 Å². The highest BCUT2D eigenvalue weighted by atomic mass is 13.9. The van der Waals surface area contributed by atoms with Gasteiger partial charge in [0.15, 0.2) is 0 Å². The van der Waals surface area contributed by atoms with Crippen LogP contribution in [0, 0.1) is 0 Å². The second kappa shape index (κ2) is 8.31. The van der Waals surface area contributed by atoms with Crippen LogP contribution in [0.5, 0.6) is 0 Å². The van der Waals surface area contributed by atoms with Gasteiger partial charge in [-0.1, -0.05) is 69.3 Å². The van der Waals surface area contributed by atoms with E-state index in [1.54, 1.807) is 0 Å². The van der Waals surface area contributed by atoms with Crippen molar-refractivity contribution in [3.05, 3.63) is 48.0 Å². The molecular weight excluding hydrogens is 168 g/mol. The van der Waals surface area contributed by atoms with Gasteiger partial charge >= 0.3 is 0 Å². The molecule has 0 nitrogen and oxygen atoms in total. The normalized spacial score (nSPS) is 9.36. The third-order valence-corrected chi connectivity index (χ3v) is 1.56. The van der Waals surface area contributed by atoms with Crippen molar-refractivity contribution < 1.29 is 0 Å². The molecule has 0 heterocycles. The summed E-state index contributed by atoms with van der Waals surface area (Å²) in [5.41, 5.74) is 2.41. The van der Waals surface area contributed by atoms with E-state index in [0.717, 1.165) is 0 Å². The third-order valence-electron chi connectivity index (χ3n) is 1.56. The second-order valence-corrected chi connectivity index (χ2v) is 3.04. The van der Waals surface area contributed by atoms with E-state index in [2.05, 4.69) is 38.6 Å². The molecule has 0 heteroatoms. The van der Waals surface area contributed by atoms with E-state index >= 15 is 0 Å². The first-order chi connectivity index (χ1) is 6.79. The van der Waals surface area contributed by atoms with Gasteiger partial charge in [0.05, 0.1) is 0 Å². The van der Waals surface area contributed by atoms with Crippen molar-refractivity contribution in [1.82, 2.24) is 0 Å². The van der Waals surface area contributed by atoms with E-state index in [9.17, 15) is 0 Å². The molecule has 1 rings (SSSR count). The molecule has 0 unspecified atom stereocenters. The molecule has 0 amide bonds. The van der Waals surface area contributed by atoms with Crippen molar-refractivity contribution >= 4 is 12.2 Å². The first-order valence-corrected chi connectivity index (χ1v) is 5.14. The monoisotopic (exact) mass is 188 g/mol. The van der Waals surface area contributed by atoms with E-state index in [0.29, 0.717) is 0 Å². The summed E-state index contributed by atoms with van der Waals surface area (Å²) in [6, 6.07) is 8.19. The van der Waals surface area contributed by atoms with Crippen LogP contribution in [0.2, 0.25) is 0 Å². The molecule has 14 heavy (non-hydrogen) atoms. The van der Waals surface area contributed by atoms with Crippen molar-refractivity contribution in [3.63, 3.8) is 0 Å². The van der Waals surface area contributed by atoms with Crippen LogP contribution in [0.3, 0.4) is 0 Å². The lowest BCUT2D eigenvalue weighted by Crippen LogP contribution is -1.76. The smallest absolute Gasteiger partial charge is 0.0188 e. The summed E-state index contributed by atoms with van der Waals surface area (Å²) in [6.07, 6.45) is 7.23. The molecule has 76 valence electrons. The molecule has 0 radical (unpaired) electrons. The number of rotatable bonds is 2. The topological polar surface area (TPSA) is 0 Å². The largest absolute Gasteiger partial charge is 0.0984 e. The Balaban J connectivity index is 0.000000500. The molecule has 0 aromatic heterocycles.